The second-order valence-electron chi connectivity index (χ2n) is 5.03. The third kappa shape index (κ3) is 4.18. The third-order valence-corrected chi connectivity index (χ3v) is 5.21. The Labute approximate surface area is 118 Å². The van der Waals surface area contributed by atoms with Gasteiger partial charge in [0, 0.05) is 24.1 Å². The van der Waals surface area contributed by atoms with Crippen LogP contribution in [0.5, 0.6) is 0 Å². The lowest BCUT2D eigenvalue weighted by atomic mass is 10.2. The Balaban J connectivity index is 2.82. The van der Waals surface area contributed by atoms with Crippen molar-refractivity contribution in [2.45, 2.75) is 25.5 Å². The van der Waals surface area contributed by atoms with E-state index in [0.717, 1.165) is 6.26 Å². The summed E-state index contributed by atoms with van der Waals surface area (Å²) in [7, 11) is -3.25. The highest BCUT2D eigenvalue weighted by Crippen LogP contribution is 2.14. The van der Waals surface area contributed by atoms with E-state index < -0.39 is 14.6 Å². The van der Waals surface area contributed by atoms with E-state index in [9.17, 15) is 13.2 Å². The molecule has 19 heavy (non-hydrogen) atoms. The predicted octanol–water partition coefficient (Wildman–Crippen LogP) is 1.60. The second-order valence-corrected chi connectivity index (χ2v) is 8.07. The Morgan fingerprint density at radius 2 is 2.00 bits per heavy atom. The van der Waals surface area contributed by atoms with Crippen LogP contribution in [0.3, 0.4) is 0 Å². The first-order valence-electron chi connectivity index (χ1n) is 5.65. The minimum absolute atomic E-state index is 0.0314. The average molecular weight is 305 g/mol. The molecule has 0 spiro atoms. The Hall–Kier alpha value is -1.14. The van der Waals surface area contributed by atoms with E-state index in [1.807, 2.05) is 0 Å². The molecular weight excluding hydrogens is 288 g/mol. The fraction of sp³-hybridized carbons (Fsp3) is 0.500. The normalized spacial score (nSPS) is 12.3. The van der Waals surface area contributed by atoms with Crippen LogP contribution < -0.4 is 5.32 Å². The number of sulfone groups is 1. The number of amides is 1. The Morgan fingerprint density at radius 1 is 1.42 bits per heavy atom. The van der Waals surface area contributed by atoms with Gasteiger partial charge < -0.3 is 5.32 Å². The molecular formula is C12H17ClN2O3S. The van der Waals surface area contributed by atoms with Crippen molar-refractivity contribution in [1.82, 2.24) is 10.3 Å². The molecule has 0 bridgehead atoms. The number of hydrogen-bond donors (Lipinski definition) is 1. The number of hydrogen-bond acceptors (Lipinski definition) is 4. The number of nitrogens with one attached hydrogen (secondary N) is 1. The van der Waals surface area contributed by atoms with Crippen LogP contribution in [-0.2, 0) is 9.84 Å². The number of pyridine rings is 1. The van der Waals surface area contributed by atoms with Crippen molar-refractivity contribution in [2.75, 3.05) is 12.8 Å². The van der Waals surface area contributed by atoms with Crippen molar-refractivity contribution >= 4 is 27.3 Å². The fourth-order valence-corrected chi connectivity index (χ4v) is 1.87. The summed E-state index contributed by atoms with van der Waals surface area (Å²) in [6, 6.07) is 3.03. The Morgan fingerprint density at radius 3 is 2.47 bits per heavy atom. The zero-order chi connectivity index (χ0) is 14.8. The summed E-state index contributed by atoms with van der Waals surface area (Å²) in [4.78, 5) is 15.9. The van der Waals surface area contributed by atoms with Crippen molar-refractivity contribution in [3.63, 3.8) is 0 Å². The van der Waals surface area contributed by atoms with E-state index >= 15 is 0 Å². The smallest absolute Gasteiger partial charge is 0.251 e. The van der Waals surface area contributed by atoms with E-state index in [1.165, 1.54) is 6.07 Å². The van der Waals surface area contributed by atoms with E-state index in [2.05, 4.69) is 10.3 Å². The SMILES string of the molecule is Cc1cc(C(=O)NCC(C)(C)S(C)(=O)=O)cc(Cl)n1. The maximum Gasteiger partial charge on any atom is 0.251 e. The first-order chi connectivity index (χ1) is 8.53. The molecule has 0 aliphatic rings. The third-order valence-electron chi connectivity index (χ3n) is 2.86. The molecule has 0 aromatic carbocycles. The molecule has 7 heteroatoms. The Kier molecular flexibility index (Phi) is 4.58. The van der Waals surface area contributed by atoms with Crippen molar-refractivity contribution in [3.8, 4) is 0 Å². The van der Waals surface area contributed by atoms with Gasteiger partial charge in [-0.2, -0.15) is 0 Å². The summed E-state index contributed by atoms with van der Waals surface area (Å²) in [5.41, 5.74) is 0.988. The van der Waals surface area contributed by atoms with Crippen LogP contribution in [0.15, 0.2) is 12.1 Å². The van der Waals surface area contributed by atoms with Crippen molar-refractivity contribution in [3.05, 3.63) is 28.5 Å². The largest absolute Gasteiger partial charge is 0.350 e. The monoisotopic (exact) mass is 304 g/mol. The van der Waals surface area contributed by atoms with Gasteiger partial charge in [0.2, 0.25) is 0 Å². The van der Waals surface area contributed by atoms with E-state index in [-0.39, 0.29) is 17.6 Å². The van der Waals surface area contributed by atoms with Gasteiger partial charge >= 0.3 is 0 Å². The van der Waals surface area contributed by atoms with Crippen LogP contribution >= 0.6 is 11.6 Å². The van der Waals surface area contributed by atoms with Crippen LogP contribution in [-0.4, -0.2) is 36.9 Å². The van der Waals surface area contributed by atoms with Gasteiger partial charge in [-0.05, 0) is 32.9 Å². The number of aromatic nitrogens is 1. The minimum atomic E-state index is -3.25. The summed E-state index contributed by atoms with van der Waals surface area (Å²) in [6.45, 7) is 4.88. The molecule has 1 N–H and O–H groups in total. The van der Waals surface area contributed by atoms with E-state index in [0.29, 0.717) is 11.3 Å². The van der Waals surface area contributed by atoms with Crippen molar-refractivity contribution < 1.29 is 13.2 Å². The standard InChI is InChI=1S/C12H17ClN2O3S/c1-8-5-9(6-10(13)15-8)11(16)14-7-12(2,3)19(4,17)18/h5-6H,7H2,1-4H3,(H,14,16). The number of nitrogens with zero attached hydrogens (tertiary/aromatic N) is 1. The zero-order valence-corrected chi connectivity index (χ0v) is 12.9. The van der Waals surface area contributed by atoms with Crippen LogP contribution in [0, 0.1) is 6.92 Å². The molecule has 1 amide bonds. The molecule has 0 fully saturated rings. The lowest BCUT2D eigenvalue weighted by Crippen LogP contribution is -2.43. The number of halogens is 1. The molecule has 0 atom stereocenters. The van der Waals surface area contributed by atoms with E-state index in [4.69, 9.17) is 11.6 Å². The van der Waals surface area contributed by atoms with Gasteiger partial charge in [0.25, 0.3) is 5.91 Å². The molecule has 0 aliphatic heterocycles. The number of aryl methyl sites for hydroxylation is 1. The van der Waals surface area contributed by atoms with Crippen LogP contribution in [0.25, 0.3) is 0 Å². The van der Waals surface area contributed by atoms with Gasteiger partial charge in [0.05, 0.1) is 4.75 Å². The number of carbonyl (C=O) groups is 1. The zero-order valence-electron chi connectivity index (χ0n) is 11.3. The van der Waals surface area contributed by atoms with Crippen molar-refractivity contribution in [1.29, 1.82) is 0 Å². The molecule has 0 aliphatic carbocycles. The molecule has 1 aromatic heterocycles. The number of rotatable bonds is 4. The topological polar surface area (TPSA) is 76.1 Å². The molecule has 0 saturated carbocycles. The maximum absolute atomic E-state index is 11.9. The van der Waals surface area contributed by atoms with Gasteiger partial charge in [0.15, 0.2) is 9.84 Å². The lowest BCUT2D eigenvalue weighted by Gasteiger charge is -2.22. The fourth-order valence-electron chi connectivity index (χ4n) is 1.29. The molecule has 0 radical (unpaired) electrons. The van der Waals surface area contributed by atoms with Gasteiger partial charge in [0.1, 0.15) is 5.15 Å². The molecule has 1 rings (SSSR count). The van der Waals surface area contributed by atoms with E-state index in [1.54, 1.807) is 26.8 Å². The Bertz CT molecular complexity index is 577. The quantitative estimate of drug-likeness (QED) is 0.857. The molecule has 106 valence electrons. The number of carbonyl (C=O) groups excluding carboxylic acids is 1. The highest BCUT2D eigenvalue weighted by atomic mass is 35.5. The average Bonchev–Trinajstić information content (AvgIpc) is 2.23. The van der Waals surface area contributed by atoms with Gasteiger partial charge in [-0.25, -0.2) is 13.4 Å². The first-order valence-corrected chi connectivity index (χ1v) is 7.92. The second kappa shape index (κ2) is 5.46. The summed E-state index contributed by atoms with van der Waals surface area (Å²) in [5, 5.41) is 2.82. The minimum Gasteiger partial charge on any atom is -0.350 e. The van der Waals surface area contributed by atoms with Gasteiger partial charge in [-0.3, -0.25) is 4.79 Å². The molecule has 1 aromatic rings. The summed E-state index contributed by atoms with van der Waals surface area (Å²) in [6.07, 6.45) is 1.15. The highest BCUT2D eigenvalue weighted by Gasteiger charge is 2.30. The van der Waals surface area contributed by atoms with Crippen molar-refractivity contribution in [2.24, 2.45) is 0 Å². The van der Waals surface area contributed by atoms with Gasteiger partial charge in [-0.1, -0.05) is 11.6 Å². The summed E-state index contributed by atoms with van der Waals surface area (Å²) < 4.78 is 22.0. The summed E-state index contributed by atoms with van der Waals surface area (Å²) >= 11 is 5.77. The predicted molar refractivity (Wildman–Crippen MR) is 75.2 cm³/mol. The lowest BCUT2D eigenvalue weighted by molar-refractivity contribution is 0.0950. The molecule has 1 heterocycles. The maximum atomic E-state index is 11.9. The van der Waals surface area contributed by atoms with Crippen LogP contribution in [0.1, 0.15) is 29.9 Å². The van der Waals surface area contributed by atoms with Crippen LogP contribution in [0.4, 0.5) is 0 Å². The highest BCUT2D eigenvalue weighted by molar-refractivity contribution is 7.92. The van der Waals surface area contributed by atoms with Crippen LogP contribution in [0.2, 0.25) is 5.15 Å². The molecule has 0 unspecified atom stereocenters. The molecule has 0 saturated heterocycles. The first kappa shape index (κ1) is 15.9. The van der Waals surface area contributed by atoms with Gasteiger partial charge in [-0.15, -0.1) is 0 Å². The summed E-state index contributed by atoms with van der Waals surface area (Å²) in [5.74, 6) is -0.371. The molecule has 5 nitrogen and oxygen atoms in total.